The molecule has 2 aromatic carbocycles. The average Bonchev–Trinajstić information content (AvgIpc) is 3.02. The average molecular weight is 340 g/mol. The molecule has 0 spiro atoms. The third-order valence-electron chi connectivity index (χ3n) is 4.18. The van der Waals surface area contributed by atoms with Gasteiger partial charge in [-0.1, -0.05) is 6.07 Å². The first kappa shape index (κ1) is 16.8. The molecule has 1 fully saturated rings. The molecule has 0 radical (unpaired) electrons. The minimum absolute atomic E-state index is 0.0201. The molecule has 0 aromatic heterocycles. The Morgan fingerprint density at radius 2 is 1.80 bits per heavy atom. The van der Waals surface area contributed by atoms with Crippen molar-refractivity contribution in [1.82, 2.24) is 5.32 Å². The van der Waals surface area contributed by atoms with Crippen LogP contribution in [0.4, 0.5) is 5.69 Å². The predicted octanol–water partition coefficient (Wildman–Crippen LogP) is 2.24. The lowest BCUT2D eigenvalue weighted by molar-refractivity contribution is -0.117. The summed E-state index contributed by atoms with van der Waals surface area (Å²) in [5, 5.41) is 2.92. The Morgan fingerprint density at radius 3 is 2.48 bits per heavy atom. The SMILES string of the molecule is COc1ccc(C(=O)N[C@H]2CC(=O)N(c3cccc(OC)c3)C2)cc1. The van der Waals surface area contributed by atoms with Gasteiger partial charge < -0.3 is 19.7 Å². The van der Waals surface area contributed by atoms with Gasteiger partial charge in [0.15, 0.2) is 0 Å². The third kappa shape index (κ3) is 3.74. The van der Waals surface area contributed by atoms with Crippen molar-refractivity contribution in [2.75, 3.05) is 25.7 Å². The number of ether oxygens (including phenoxy) is 2. The van der Waals surface area contributed by atoms with Crippen LogP contribution >= 0.6 is 0 Å². The van der Waals surface area contributed by atoms with Crippen molar-refractivity contribution in [3.8, 4) is 11.5 Å². The van der Waals surface area contributed by atoms with E-state index in [1.807, 2.05) is 24.3 Å². The molecule has 1 saturated heterocycles. The number of nitrogens with zero attached hydrogens (tertiary/aromatic N) is 1. The molecule has 0 saturated carbocycles. The first-order valence-corrected chi connectivity index (χ1v) is 8.00. The molecule has 0 aliphatic carbocycles. The van der Waals surface area contributed by atoms with Gasteiger partial charge in [0.25, 0.3) is 5.91 Å². The lowest BCUT2D eigenvalue weighted by Crippen LogP contribution is -2.37. The molecule has 3 rings (SSSR count). The van der Waals surface area contributed by atoms with Crippen molar-refractivity contribution < 1.29 is 19.1 Å². The summed E-state index contributed by atoms with van der Waals surface area (Å²) in [6.45, 7) is 0.438. The Morgan fingerprint density at radius 1 is 1.08 bits per heavy atom. The van der Waals surface area contributed by atoms with Crippen LogP contribution in [-0.2, 0) is 4.79 Å². The van der Waals surface area contributed by atoms with Crippen LogP contribution in [0.25, 0.3) is 0 Å². The highest BCUT2D eigenvalue weighted by Crippen LogP contribution is 2.25. The van der Waals surface area contributed by atoms with Crippen LogP contribution in [0.3, 0.4) is 0 Å². The fourth-order valence-corrected chi connectivity index (χ4v) is 2.84. The van der Waals surface area contributed by atoms with Gasteiger partial charge in [0, 0.05) is 30.3 Å². The van der Waals surface area contributed by atoms with Crippen LogP contribution in [0.5, 0.6) is 11.5 Å². The Balaban J connectivity index is 1.66. The maximum atomic E-state index is 12.3. The first-order valence-electron chi connectivity index (χ1n) is 8.00. The van der Waals surface area contributed by atoms with E-state index in [2.05, 4.69) is 5.32 Å². The van der Waals surface area contributed by atoms with Crippen molar-refractivity contribution in [3.05, 3.63) is 54.1 Å². The highest BCUT2D eigenvalue weighted by atomic mass is 16.5. The molecule has 1 aliphatic heterocycles. The van der Waals surface area contributed by atoms with E-state index in [-0.39, 0.29) is 24.3 Å². The Kier molecular flexibility index (Phi) is 4.88. The number of rotatable bonds is 5. The Bertz CT molecular complexity index is 773. The normalized spacial score (nSPS) is 16.6. The number of methoxy groups -OCH3 is 2. The lowest BCUT2D eigenvalue weighted by atomic mass is 10.2. The number of carbonyl (C=O) groups excluding carboxylic acids is 2. The largest absolute Gasteiger partial charge is 0.497 e. The molecule has 2 aromatic rings. The standard InChI is InChI=1S/C19H20N2O4/c1-24-16-8-6-13(7-9-16)19(23)20-14-10-18(22)21(12-14)15-4-3-5-17(11-15)25-2/h3-9,11,14H,10,12H2,1-2H3,(H,20,23)/t14-/m0/s1. The minimum Gasteiger partial charge on any atom is -0.497 e. The number of benzene rings is 2. The first-order chi connectivity index (χ1) is 12.1. The summed E-state index contributed by atoms with van der Waals surface area (Å²) in [5.41, 5.74) is 1.30. The molecule has 1 N–H and O–H groups in total. The summed E-state index contributed by atoms with van der Waals surface area (Å²) in [5.74, 6) is 1.16. The van der Waals surface area contributed by atoms with Crippen molar-refractivity contribution in [3.63, 3.8) is 0 Å². The minimum atomic E-state index is -0.228. The van der Waals surface area contributed by atoms with Crippen LogP contribution in [0.1, 0.15) is 16.8 Å². The van der Waals surface area contributed by atoms with E-state index in [1.165, 1.54) is 0 Å². The predicted molar refractivity (Wildman–Crippen MR) is 94.2 cm³/mol. The molecule has 25 heavy (non-hydrogen) atoms. The summed E-state index contributed by atoms with van der Waals surface area (Å²) in [4.78, 5) is 26.3. The van der Waals surface area contributed by atoms with Gasteiger partial charge in [-0.05, 0) is 36.4 Å². The second-order valence-corrected chi connectivity index (χ2v) is 5.81. The zero-order valence-electron chi connectivity index (χ0n) is 14.2. The van der Waals surface area contributed by atoms with Crippen LogP contribution in [0.2, 0.25) is 0 Å². The third-order valence-corrected chi connectivity index (χ3v) is 4.18. The monoisotopic (exact) mass is 340 g/mol. The topological polar surface area (TPSA) is 67.9 Å². The highest BCUT2D eigenvalue weighted by molar-refractivity contribution is 5.99. The number of nitrogens with one attached hydrogen (secondary N) is 1. The number of carbonyl (C=O) groups is 2. The second-order valence-electron chi connectivity index (χ2n) is 5.81. The fraction of sp³-hybridized carbons (Fsp3) is 0.263. The Labute approximate surface area is 146 Å². The highest BCUT2D eigenvalue weighted by Gasteiger charge is 2.31. The molecule has 0 bridgehead atoms. The summed E-state index contributed by atoms with van der Waals surface area (Å²) in [6.07, 6.45) is 0.277. The number of amides is 2. The maximum Gasteiger partial charge on any atom is 0.251 e. The van der Waals surface area contributed by atoms with Crippen molar-refractivity contribution in [2.24, 2.45) is 0 Å². The molecule has 1 atom stereocenters. The van der Waals surface area contributed by atoms with Crippen LogP contribution in [0.15, 0.2) is 48.5 Å². The van der Waals surface area contributed by atoms with E-state index in [1.54, 1.807) is 43.4 Å². The summed E-state index contributed by atoms with van der Waals surface area (Å²) in [7, 11) is 3.16. The number of hydrogen-bond acceptors (Lipinski definition) is 4. The van der Waals surface area contributed by atoms with Gasteiger partial charge in [-0.15, -0.1) is 0 Å². The maximum absolute atomic E-state index is 12.3. The van der Waals surface area contributed by atoms with Gasteiger partial charge in [0.2, 0.25) is 5.91 Å². The smallest absolute Gasteiger partial charge is 0.251 e. The fourth-order valence-electron chi connectivity index (χ4n) is 2.84. The molecule has 0 unspecified atom stereocenters. The van der Waals surface area contributed by atoms with Crippen molar-refractivity contribution >= 4 is 17.5 Å². The molecular formula is C19H20N2O4. The van der Waals surface area contributed by atoms with Crippen molar-refractivity contribution in [1.29, 1.82) is 0 Å². The van der Waals surface area contributed by atoms with Gasteiger partial charge in [-0.25, -0.2) is 0 Å². The van der Waals surface area contributed by atoms with Gasteiger partial charge >= 0.3 is 0 Å². The van der Waals surface area contributed by atoms with E-state index in [4.69, 9.17) is 9.47 Å². The van der Waals surface area contributed by atoms with Gasteiger partial charge in [0.1, 0.15) is 11.5 Å². The zero-order chi connectivity index (χ0) is 17.8. The molecule has 130 valence electrons. The molecular weight excluding hydrogens is 320 g/mol. The molecule has 6 heteroatoms. The van der Waals surface area contributed by atoms with E-state index in [9.17, 15) is 9.59 Å². The summed E-state index contributed by atoms with van der Waals surface area (Å²) in [6, 6.07) is 14.0. The second kappa shape index (κ2) is 7.25. The molecule has 2 amide bonds. The zero-order valence-corrected chi connectivity index (χ0v) is 14.2. The van der Waals surface area contributed by atoms with Gasteiger partial charge in [-0.3, -0.25) is 9.59 Å². The van der Waals surface area contributed by atoms with Gasteiger partial charge in [-0.2, -0.15) is 0 Å². The Hall–Kier alpha value is -3.02. The van der Waals surface area contributed by atoms with Crippen LogP contribution < -0.4 is 19.7 Å². The molecule has 6 nitrogen and oxygen atoms in total. The van der Waals surface area contributed by atoms with Gasteiger partial charge in [0.05, 0.1) is 20.3 Å². The number of hydrogen-bond donors (Lipinski definition) is 1. The summed E-state index contributed by atoms with van der Waals surface area (Å²) >= 11 is 0. The van der Waals surface area contributed by atoms with E-state index < -0.39 is 0 Å². The number of anilines is 1. The quantitative estimate of drug-likeness (QED) is 0.906. The van der Waals surface area contributed by atoms with E-state index in [0.717, 1.165) is 5.69 Å². The lowest BCUT2D eigenvalue weighted by Gasteiger charge is -2.18. The van der Waals surface area contributed by atoms with Crippen molar-refractivity contribution in [2.45, 2.75) is 12.5 Å². The van der Waals surface area contributed by atoms with Crippen LogP contribution in [-0.4, -0.2) is 38.6 Å². The van der Waals surface area contributed by atoms with Crippen LogP contribution in [0, 0.1) is 0 Å². The molecule has 1 heterocycles. The summed E-state index contributed by atoms with van der Waals surface area (Å²) < 4.78 is 10.3. The van der Waals surface area contributed by atoms with E-state index >= 15 is 0 Å². The van der Waals surface area contributed by atoms with E-state index in [0.29, 0.717) is 23.6 Å². The molecule has 1 aliphatic rings.